The average Bonchev–Trinajstić information content (AvgIpc) is 2.81. The Morgan fingerprint density at radius 2 is 1.66 bits per heavy atom. The van der Waals surface area contributed by atoms with Gasteiger partial charge < -0.3 is 19.5 Å². The van der Waals surface area contributed by atoms with E-state index in [1.165, 1.54) is 33.5 Å². The minimum atomic E-state index is -0.431. The Balaban J connectivity index is 1.81. The van der Waals surface area contributed by atoms with E-state index in [1.54, 1.807) is 30.5 Å². The SMILES string of the molecule is COc1ccc(C(=O)NCC(=O)c2ccc(OC)c(-c3c(C)ccnc3Cl)n2)cc1OC. The second-order valence-electron chi connectivity index (χ2n) is 6.72. The molecule has 0 atom stereocenters. The number of aryl methyl sites for hydroxylation is 1. The summed E-state index contributed by atoms with van der Waals surface area (Å²) < 4.78 is 15.8. The minimum absolute atomic E-state index is 0.160. The number of hydrogen-bond donors (Lipinski definition) is 1. The Bertz CT molecular complexity index is 1150. The van der Waals surface area contributed by atoms with Gasteiger partial charge in [-0.15, -0.1) is 0 Å². The third-order valence-electron chi connectivity index (χ3n) is 4.77. The van der Waals surface area contributed by atoms with Crippen LogP contribution in [0.2, 0.25) is 5.15 Å². The Hall–Kier alpha value is -3.65. The molecule has 0 aliphatic carbocycles. The van der Waals surface area contributed by atoms with Crippen molar-refractivity contribution in [2.45, 2.75) is 6.92 Å². The van der Waals surface area contributed by atoms with E-state index in [-0.39, 0.29) is 23.2 Å². The highest BCUT2D eigenvalue weighted by Crippen LogP contribution is 2.34. The van der Waals surface area contributed by atoms with Crippen LogP contribution in [0, 0.1) is 6.92 Å². The number of hydrogen-bond acceptors (Lipinski definition) is 7. The first-order valence-electron chi connectivity index (χ1n) is 9.59. The number of methoxy groups -OCH3 is 3. The van der Waals surface area contributed by atoms with Crippen LogP contribution in [0.15, 0.2) is 42.6 Å². The summed E-state index contributed by atoms with van der Waals surface area (Å²) in [5.74, 6) is 0.560. The van der Waals surface area contributed by atoms with Crippen molar-refractivity contribution in [3.05, 3.63) is 64.6 Å². The zero-order valence-electron chi connectivity index (χ0n) is 18.1. The molecule has 0 saturated heterocycles. The van der Waals surface area contributed by atoms with Gasteiger partial charge in [-0.1, -0.05) is 11.6 Å². The van der Waals surface area contributed by atoms with E-state index < -0.39 is 5.91 Å². The summed E-state index contributed by atoms with van der Waals surface area (Å²) in [5, 5.41) is 2.85. The van der Waals surface area contributed by atoms with Gasteiger partial charge in [-0.25, -0.2) is 9.97 Å². The van der Waals surface area contributed by atoms with Crippen LogP contribution in [-0.4, -0.2) is 49.5 Å². The van der Waals surface area contributed by atoms with Gasteiger partial charge in [0, 0.05) is 17.3 Å². The molecule has 9 heteroatoms. The Morgan fingerprint density at radius 1 is 0.969 bits per heavy atom. The van der Waals surface area contributed by atoms with Crippen molar-refractivity contribution in [1.29, 1.82) is 0 Å². The number of rotatable bonds is 8. The largest absolute Gasteiger partial charge is 0.494 e. The standard InChI is InChI=1S/C23H22ClN3O5/c1-13-9-10-25-22(24)20(13)21-18(31-3)8-6-15(27-21)16(28)12-26-23(29)14-5-7-17(30-2)19(11-14)32-4/h5-11H,12H2,1-4H3,(H,26,29). The molecule has 0 bridgehead atoms. The molecule has 1 aromatic carbocycles. The number of halogens is 1. The van der Waals surface area contributed by atoms with Gasteiger partial charge in [-0.05, 0) is 48.9 Å². The van der Waals surface area contributed by atoms with Crippen molar-refractivity contribution >= 4 is 23.3 Å². The lowest BCUT2D eigenvalue weighted by Gasteiger charge is -2.13. The summed E-state index contributed by atoms with van der Waals surface area (Å²) in [4.78, 5) is 33.8. The molecule has 0 aliphatic heterocycles. The summed E-state index contributed by atoms with van der Waals surface area (Å²) in [5.41, 5.74) is 2.31. The predicted molar refractivity (Wildman–Crippen MR) is 120 cm³/mol. The van der Waals surface area contributed by atoms with E-state index in [4.69, 9.17) is 25.8 Å². The summed E-state index contributed by atoms with van der Waals surface area (Å²) in [7, 11) is 4.49. The van der Waals surface area contributed by atoms with Gasteiger partial charge in [-0.2, -0.15) is 0 Å². The third-order valence-corrected chi connectivity index (χ3v) is 5.06. The van der Waals surface area contributed by atoms with Gasteiger partial charge >= 0.3 is 0 Å². The summed E-state index contributed by atoms with van der Waals surface area (Å²) in [6.45, 7) is 1.62. The molecule has 0 spiro atoms. The zero-order chi connectivity index (χ0) is 23.3. The lowest BCUT2D eigenvalue weighted by molar-refractivity contribution is 0.0902. The highest BCUT2D eigenvalue weighted by atomic mass is 35.5. The van der Waals surface area contributed by atoms with E-state index in [1.807, 2.05) is 6.92 Å². The molecule has 0 fully saturated rings. The number of aromatic nitrogens is 2. The maximum absolute atomic E-state index is 12.7. The lowest BCUT2D eigenvalue weighted by Crippen LogP contribution is -2.30. The van der Waals surface area contributed by atoms with Crippen molar-refractivity contribution in [2.75, 3.05) is 27.9 Å². The number of ether oxygens (including phenoxy) is 3. The third kappa shape index (κ3) is 4.81. The van der Waals surface area contributed by atoms with Gasteiger partial charge in [0.05, 0.1) is 27.9 Å². The molecule has 0 saturated carbocycles. The quantitative estimate of drug-likeness (QED) is 0.408. The smallest absolute Gasteiger partial charge is 0.251 e. The molecule has 2 aromatic heterocycles. The highest BCUT2D eigenvalue weighted by Gasteiger charge is 2.19. The molecular formula is C23H22ClN3O5. The first kappa shape index (κ1) is 23.0. The van der Waals surface area contributed by atoms with E-state index in [0.29, 0.717) is 34.1 Å². The van der Waals surface area contributed by atoms with E-state index in [9.17, 15) is 9.59 Å². The highest BCUT2D eigenvalue weighted by molar-refractivity contribution is 6.32. The van der Waals surface area contributed by atoms with Crippen molar-refractivity contribution in [3.8, 4) is 28.5 Å². The molecular weight excluding hydrogens is 434 g/mol. The van der Waals surface area contributed by atoms with E-state index in [2.05, 4.69) is 15.3 Å². The summed E-state index contributed by atoms with van der Waals surface area (Å²) in [6, 6.07) is 9.70. The lowest BCUT2D eigenvalue weighted by atomic mass is 10.1. The van der Waals surface area contributed by atoms with Gasteiger partial charge in [0.25, 0.3) is 5.91 Å². The number of nitrogens with one attached hydrogen (secondary N) is 1. The molecule has 0 aliphatic rings. The first-order valence-corrected chi connectivity index (χ1v) is 9.97. The van der Waals surface area contributed by atoms with Crippen molar-refractivity contribution < 1.29 is 23.8 Å². The predicted octanol–water partition coefficient (Wildman–Crippen LogP) is 3.74. The van der Waals surface area contributed by atoms with Crippen LogP contribution in [0.5, 0.6) is 17.2 Å². The van der Waals surface area contributed by atoms with Crippen LogP contribution in [-0.2, 0) is 0 Å². The molecule has 2 heterocycles. The summed E-state index contributed by atoms with van der Waals surface area (Å²) >= 11 is 6.27. The molecule has 1 N–H and O–H groups in total. The number of Topliss-reactive ketones (excluding diaryl/α,β-unsaturated/α-hetero) is 1. The topological polar surface area (TPSA) is 99.6 Å². The Labute approximate surface area is 190 Å². The molecule has 0 radical (unpaired) electrons. The van der Waals surface area contributed by atoms with Crippen LogP contribution in [0.25, 0.3) is 11.3 Å². The maximum Gasteiger partial charge on any atom is 0.251 e. The molecule has 166 valence electrons. The van der Waals surface area contributed by atoms with Crippen molar-refractivity contribution in [1.82, 2.24) is 15.3 Å². The normalized spacial score (nSPS) is 10.4. The fourth-order valence-electron chi connectivity index (χ4n) is 3.09. The fraction of sp³-hybridized carbons (Fsp3) is 0.217. The summed E-state index contributed by atoms with van der Waals surface area (Å²) in [6.07, 6.45) is 1.59. The van der Waals surface area contributed by atoms with Crippen LogP contribution in [0.3, 0.4) is 0 Å². The van der Waals surface area contributed by atoms with Crippen LogP contribution in [0.1, 0.15) is 26.4 Å². The fourth-order valence-corrected chi connectivity index (χ4v) is 3.38. The van der Waals surface area contributed by atoms with Crippen LogP contribution < -0.4 is 19.5 Å². The molecule has 0 unspecified atom stereocenters. The van der Waals surface area contributed by atoms with E-state index >= 15 is 0 Å². The van der Waals surface area contributed by atoms with E-state index in [0.717, 1.165) is 5.56 Å². The number of amides is 1. The van der Waals surface area contributed by atoms with Crippen LogP contribution >= 0.6 is 11.6 Å². The number of carbonyl (C=O) groups is 2. The van der Waals surface area contributed by atoms with Gasteiger partial charge in [0.15, 0.2) is 17.3 Å². The molecule has 3 aromatic rings. The second kappa shape index (κ2) is 10.1. The number of nitrogens with zero attached hydrogens (tertiary/aromatic N) is 2. The number of benzene rings is 1. The number of ketones is 1. The number of pyridine rings is 2. The van der Waals surface area contributed by atoms with Gasteiger partial charge in [0.2, 0.25) is 0 Å². The van der Waals surface area contributed by atoms with Crippen molar-refractivity contribution in [3.63, 3.8) is 0 Å². The molecule has 3 rings (SSSR count). The first-order chi connectivity index (χ1) is 15.4. The molecule has 32 heavy (non-hydrogen) atoms. The monoisotopic (exact) mass is 455 g/mol. The zero-order valence-corrected chi connectivity index (χ0v) is 18.8. The molecule has 1 amide bonds. The number of carbonyl (C=O) groups excluding carboxylic acids is 2. The van der Waals surface area contributed by atoms with Crippen LogP contribution in [0.4, 0.5) is 0 Å². The Morgan fingerprint density at radius 3 is 2.31 bits per heavy atom. The van der Waals surface area contributed by atoms with Gasteiger partial charge in [0.1, 0.15) is 22.3 Å². The van der Waals surface area contributed by atoms with Gasteiger partial charge in [-0.3, -0.25) is 9.59 Å². The van der Waals surface area contributed by atoms with Crippen molar-refractivity contribution in [2.24, 2.45) is 0 Å². The second-order valence-corrected chi connectivity index (χ2v) is 7.07. The minimum Gasteiger partial charge on any atom is -0.494 e. The Kier molecular flexibility index (Phi) is 7.27. The maximum atomic E-state index is 12.7. The average molecular weight is 456 g/mol. The molecule has 8 nitrogen and oxygen atoms in total.